The van der Waals surface area contributed by atoms with Crippen molar-refractivity contribution < 1.29 is 42.9 Å². The minimum Gasteiger partial charge on any atom is -0.477 e. The number of esters is 2. The number of likely N-dealkylation sites (N-methyl/N-ethyl adjacent to an activating group) is 1. The third-order valence-electron chi connectivity index (χ3n) is 13.4. The van der Waals surface area contributed by atoms with Crippen molar-refractivity contribution in [2.75, 3.05) is 47.5 Å². The smallest absolute Gasteiger partial charge is 0.361 e. The zero-order valence-corrected chi connectivity index (χ0v) is 47.4. The van der Waals surface area contributed by atoms with E-state index in [9.17, 15) is 19.5 Å². The SMILES string of the molecule is CCCCCCC/C=C\C/C=C\CCCCCCCCCCCCCC(=O)OC(COC(=O)CCCCCCCCCCCCC/C=C\CCCCCCCCCC)COC(OCC[N+](C)(C)C)C(=O)O. The fourth-order valence-corrected chi connectivity index (χ4v) is 8.69. The first-order valence-corrected chi connectivity index (χ1v) is 30.2. The molecule has 0 aliphatic heterocycles. The van der Waals surface area contributed by atoms with Crippen LogP contribution in [0.3, 0.4) is 0 Å². The van der Waals surface area contributed by atoms with Crippen LogP contribution in [0.2, 0.25) is 0 Å². The van der Waals surface area contributed by atoms with E-state index in [1.54, 1.807) is 0 Å². The van der Waals surface area contributed by atoms with Crippen LogP contribution in [-0.4, -0.2) is 87.4 Å². The van der Waals surface area contributed by atoms with E-state index in [1.807, 2.05) is 21.1 Å². The topological polar surface area (TPSA) is 108 Å². The number of carbonyl (C=O) groups excluding carboxylic acids is 2. The maximum atomic E-state index is 12.9. The lowest BCUT2D eigenvalue weighted by Crippen LogP contribution is -2.40. The van der Waals surface area contributed by atoms with Gasteiger partial charge in [-0.2, -0.15) is 0 Å². The van der Waals surface area contributed by atoms with E-state index in [4.69, 9.17) is 18.9 Å². The summed E-state index contributed by atoms with van der Waals surface area (Å²) in [6.07, 6.45) is 62.2. The summed E-state index contributed by atoms with van der Waals surface area (Å²) in [4.78, 5) is 37.5. The van der Waals surface area contributed by atoms with Crippen molar-refractivity contribution in [1.82, 2.24) is 0 Å². The van der Waals surface area contributed by atoms with Crippen LogP contribution in [0.15, 0.2) is 36.5 Å². The molecule has 0 aliphatic carbocycles. The molecule has 0 aromatic heterocycles. The molecule has 1 N–H and O–H groups in total. The summed E-state index contributed by atoms with van der Waals surface area (Å²) in [6.45, 7) is 4.90. The van der Waals surface area contributed by atoms with Crippen molar-refractivity contribution in [1.29, 1.82) is 0 Å². The quantitative estimate of drug-likeness (QED) is 0.0211. The summed E-state index contributed by atoms with van der Waals surface area (Å²) in [7, 11) is 5.98. The van der Waals surface area contributed by atoms with Crippen molar-refractivity contribution in [3.8, 4) is 0 Å². The van der Waals surface area contributed by atoms with Gasteiger partial charge < -0.3 is 28.5 Å². The monoisotopic (exact) mass is 1000 g/mol. The second kappa shape index (κ2) is 53.8. The van der Waals surface area contributed by atoms with E-state index in [1.165, 1.54) is 212 Å². The van der Waals surface area contributed by atoms with Gasteiger partial charge in [-0.3, -0.25) is 9.59 Å². The number of carboxylic acid groups (broad SMARTS) is 1. The molecule has 0 saturated heterocycles. The van der Waals surface area contributed by atoms with Crippen LogP contribution >= 0.6 is 0 Å². The Labute approximate surface area is 439 Å². The molecule has 0 aliphatic rings. The molecule has 0 fully saturated rings. The minimum absolute atomic E-state index is 0.180. The van der Waals surface area contributed by atoms with E-state index >= 15 is 0 Å². The number of nitrogens with zero attached hydrogens (tertiary/aromatic N) is 1. The molecule has 9 heteroatoms. The highest BCUT2D eigenvalue weighted by molar-refractivity contribution is 5.71. The number of hydrogen-bond acceptors (Lipinski definition) is 7. The second-order valence-corrected chi connectivity index (χ2v) is 21.7. The Bertz CT molecular complexity index is 1260. The Morgan fingerprint density at radius 1 is 0.423 bits per heavy atom. The van der Waals surface area contributed by atoms with Gasteiger partial charge in [0.1, 0.15) is 13.2 Å². The number of unbranched alkanes of at least 4 members (excludes halogenated alkanes) is 35. The normalized spacial score (nSPS) is 13.0. The second-order valence-electron chi connectivity index (χ2n) is 21.7. The number of quaternary nitrogens is 1. The summed E-state index contributed by atoms with van der Waals surface area (Å²) in [5.41, 5.74) is 0. The van der Waals surface area contributed by atoms with Crippen molar-refractivity contribution in [3.63, 3.8) is 0 Å². The molecule has 0 rings (SSSR count). The van der Waals surface area contributed by atoms with Crippen molar-refractivity contribution in [2.45, 2.75) is 296 Å². The Balaban J connectivity index is 4.21. The molecular weight excluding hydrogens is 887 g/mol. The molecule has 2 atom stereocenters. The molecule has 0 amide bonds. The van der Waals surface area contributed by atoms with Gasteiger partial charge in [-0.15, -0.1) is 0 Å². The summed E-state index contributed by atoms with van der Waals surface area (Å²) >= 11 is 0. The van der Waals surface area contributed by atoms with E-state index < -0.39 is 24.3 Å². The molecule has 71 heavy (non-hydrogen) atoms. The number of rotatable bonds is 56. The Morgan fingerprint density at radius 2 is 0.761 bits per heavy atom. The fraction of sp³-hybridized carbons (Fsp3) is 0.855. The minimum atomic E-state index is -1.51. The zero-order chi connectivity index (χ0) is 52.0. The van der Waals surface area contributed by atoms with Gasteiger partial charge in [-0.05, 0) is 70.6 Å². The largest absolute Gasteiger partial charge is 0.477 e. The van der Waals surface area contributed by atoms with Gasteiger partial charge in [-0.1, -0.05) is 237 Å². The third kappa shape index (κ3) is 55.1. The predicted octanol–water partition coefficient (Wildman–Crippen LogP) is 17.7. The highest BCUT2D eigenvalue weighted by Crippen LogP contribution is 2.17. The van der Waals surface area contributed by atoms with Gasteiger partial charge in [0, 0.05) is 12.8 Å². The molecule has 0 radical (unpaired) electrons. The summed E-state index contributed by atoms with van der Waals surface area (Å²) in [5.74, 6) is -1.99. The van der Waals surface area contributed by atoms with Gasteiger partial charge >= 0.3 is 17.9 Å². The van der Waals surface area contributed by atoms with Gasteiger partial charge in [-0.25, -0.2) is 4.79 Å². The number of hydrogen-bond donors (Lipinski definition) is 1. The van der Waals surface area contributed by atoms with Crippen LogP contribution in [0.5, 0.6) is 0 Å². The molecule has 0 aromatic carbocycles. The fourth-order valence-electron chi connectivity index (χ4n) is 8.69. The number of carboxylic acids is 1. The Kier molecular flexibility index (Phi) is 51.9. The first kappa shape index (κ1) is 68.5. The standard InChI is InChI=1S/C62H115NO8/c1-6-8-10-12-14-16-18-20-22-24-26-28-30-32-34-36-38-40-42-44-46-48-50-52-59(64)69-56-58(57-70-62(61(66)67)68-55-54-63(3,4)5)71-60(65)53-51-49-47-45-43-41-39-37-35-33-31-29-27-25-23-21-19-17-15-13-11-9-7-2/h19,21,24-27,58,62H,6-18,20,22-23,28-57H2,1-5H3/p+1/b21-19-,26-24-,27-25-. The van der Waals surface area contributed by atoms with Crippen LogP contribution in [0.1, 0.15) is 284 Å². The number of aliphatic carboxylic acids is 1. The van der Waals surface area contributed by atoms with Gasteiger partial charge in [0.05, 0.1) is 34.4 Å². The molecular formula is C62H116NO8+. The zero-order valence-electron chi connectivity index (χ0n) is 47.4. The van der Waals surface area contributed by atoms with E-state index in [-0.39, 0.29) is 32.2 Å². The molecule has 0 bridgehead atoms. The van der Waals surface area contributed by atoms with E-state index in [0.29, 0.717) is 17.4 Å². The highest BCUT2D eigenvalue weighted by Gasteiger charge is 2.25. The molecule has 2 unspecified atom stereocenters. The molecule has 0 spiro atoms. The molecule has 0 saturated carbocycles. The average molecular weight is 1000 g/mol. The number of carbonyl (C=O) groups is 3. The molecule has 416 valence electrons. The summed E-state index contributed by atoms with van der Waals surface area (Å²) in [6, 6.07) is 0. The Hall–Kier alpha value is -2.49. The Morgan fingerprint density at radius 3 is 1.13 bits per heavy atom. The lowest BCUT2D eigenvalue weighted by Gasteiger charge is -2.25. The first-order chi connectivity index (χ1) is 34.6. The van der Waals surface area contributed by atoms with Crippen LogP contribution < -0.4 is 0 Å². The van der Waals surface area contributed by atoms with Crippen LogP contribution in [0.4, 0.5) is 0 Å². The van der Waals surface area contributed by atoms with E-state index in [0.717, 1.165) is 44.9 Å². The van der Waals surface area contributed by atoms with Crippen LogP contribution in [0.25, 0.3) is 0 Å². The maximum absolute atomic E-state index is 12.9. The van der Waals surface area contributed by atoms with Crippen LogP contribution in [-0.2, 0) is 33.3 Å². The van der Waals surface area contributed by atoms with E-state index in [2.05, 4.69) is 50.3 Å². The van der Waals surface area contributed by atoms with Gasteiger partial charge in [0.2, 0.25) is 0 Å². The third-order valence-corrected chi connectivity index (χ3v) is 13.4. The average Bonchev–Trinajstić information content (AvgIpc) is 3.34. The maximum Gasteiger partial charge on any atom is 0.361 e. The summed E-state index contributed by atoms with van der Waals surface area (Å²) < 4.78 is 22.9. The van der Waals surface area contributed by atoms with Crippen molar-refractivity contribution >= 4 is 17.9 Å². The van der Waals surface area contributed by atoms with Crippen molar-refractivity contribution in [2.24, 2.45) is 0 Å². The molecule has 9 nitrogen and oxygen atoms in total. The van der Waals surface area contributed by atoms with Gasteiger partial charge in [0.25, 0.3) is 6.29 Å². The van der Waals surface area contributed by atoms with Gasteiger partial charge in [0.15, 0.2) is 6.10 Å². The predicted molar refractivity (Wildman–Crippen MR) is 300 cm³/mol. The number of ether oxygens (including phenoxy) is 4. The summed E-state index contributed by atoms with van der Waals surface area (Å²) in [5, 5.41) is 9.71. The highest BCUT2D eigenvalue weighted by atomic mass is 16.7. The van der Waals surface area contributed by atoms with Crippen LogP contribution in [0, 0.1) is 0 Å². The first-order valence-electron chi connectivity index (χ1n) is 30.2. The lowest BCUT2D eigenvalue weighted by molar-refractivity contribution is -0.870. The molecule has 0 aromatic rings. The number of allylic oxidation sites excluding steroid dienone is 6. The molecule has 0 heterocycles. The lowest BCUT2D eigenvalue weighted by atomic mass is 10.0. The van der Waals surface area contributed by atoms with Crippen molar-refractivity contribution in [3.05, 3.63) is 36.5 Å².